The van der Waals surface area contributed by atoms with Crippen LogP contribution in [0.25, 0.3) is 0 Å². The minimum absolute atomic E-state index is 0.904. The van der Waals surface area contributed by atoms with Gasteiger partial charge in [0.15, 0.2) is 5.82 Å². The number of hydrogen-bond acceptors (Lipinski definition) is 3. The van der Waals surface area contributed by atoms with E-state index in [-0.39, 0.29) is 0 Å². The van der Waals surface area contributed by atoms with E-state index in [0.717, 1.165) is 12.4 Å². The molecule has 58 valence electrons. The molecule has 0 bridgehead atoms. The molecular formula is C8H10N2O. The molecule has 1 aromatic rings. The van der Waals surface area contributed by atoms with Crippen molar-refractivity contribution in [2.45, 2.75) is 12.8 Å². The van der Waals surface area contributed by atoms with Crippen molar-refractivity contribution in [3.05, 3.63) is 24.6 Å². The monoisotopic (exact) mass is 150 g/mol. The van der Waals surface area contributed by atoms with Crippen LogP contribution < -0.4 is 4.90 Å². The summed E-state index contributed by atoms with van der Waals surface area (Å²) in [4.78, 5) is 2.09. The zero-order chi connectivity index (χ0) is 7.52. The summed E-state index contributed by atoms with van der Waals surface area (Å²) in [5.41, 5.74) is 0. The second-order valence-corrected chi connectivity index (χ2v) is 2.58. The molecule has 1 aromatic heterocycles. The van der Waals surface area contributed by atoms with Crippen LogP contribution in [0.15, 0.2) is 29.1 Å². The fourth-order valence-electron chi connectivity index (χ4n) is 1.20. The molecule has 1 aliphatic rings. The van der Waals surface area contributed by atoms with Crippen molar-refractivity contribution in [1.82, 2.24) is 5.16 Å². The average Bonchev–Trinajstić information content (AvgIpc) is 2.58. The Kier molecular flexibility index (Phi) is 1.63. The molecule has 3 heteroatoms. The van der Waals surface area contributed by atoms with Crippen LogP contribution in [-0.2, 0) is 0 Å². The molecule has 0 spiro atoms. The summed E-state index contributed by atoms with van der Waals surface area (Å²) in [6.07, 6.45) is 8.18. The van der Waals surface area contributed by atoms with Gasteiger partial charge >= 0.3 is 0 Å². The minimum Gasteiger partial charge on any atom is -0.363 e. The standard InChI is InChI=1S/C8H10N2O/c1-2-5-10(6-3-1)8-4-7-11-9-8/h2,4-5,7H,1,3,6H2. The van der Waals surface area contributed by atoms with E-state index in [1.165, 1.54) is 12.8 Å². The molecule has 0 fully saturated rings. The third-order valence-corrected chi connectivity index (χ3v) is 1.77. The van der Waals surface area contributed by atoms with Gasteiger partial charge in [-0.2, -0.15) is 0 Å². The van der Waals surface area contributed by atoms with E-state index < -0.39 is 0 Å². The van der Waals surface area contributed by atoms with Gasteiger partial charge in [-0.05, 0) is 12.8 Å². The smallest absolute Gasteiger partial charge is 0.175 e. The van der Waals surface area contributed by atoms with E-state index >= 15 is 0 Å². The molecule has 0 atom stereocenters. The van der Waals surface area contributed by atoms with Gasteiger partial charge in [0, 0.05) is 18.8 Å². The fraction of sp³-hybridized carbons (Fsp3) is 0.375. The Morgan fingerprint density at radius 1 is 1.55 bits per heavy atom. The summed E-state index contributed by atoms with van der Waals surface area (Å²) in [6.45, 7) is 1.04. The third-order valence-electron chi connectivity index (χ3n) is 1.77. The van der Waals surface area contributed by atoms with Gasteiger partial charge in [0.1, 0.15) is 6.26 Å². The number of nitrogens with zero attached hydrogens (tertiary/aromatic N) is 2. The van der Waals surface area contributed by atoms with Gasteiger partial charge in [0.25, 0.3) is 0 Å². The lowest BCUT2D eigenvalue weighted by Gasteiger charge is -2.19. The van der Waals surface area contributed by atoms with Gasteiger partial charge in [0.2, 0.25) is 0 Å². The molecule has 2 heterocycles. The molecule has 0 aromatic carbocycles. The molecule has 0 unspecified atom stereocenters. The Balaban J connectivity index is 2.16. The molecule has 0 saturated heterocycles. The maximum atomic E-state index is 4.74. The topological polar surface area (TPSA) is 29.3 Å². The molecule has 0 radical (unpaired) electrons. The second kappa shape index (κ2) is 2.78. The first-order valence-electron chi connectivity index (χ1n) is 3.80. The lowest BCUT2D eigenvalue weighted by Crippen LogP contribution is -2.19. The second-order valence-electron chi connectivity index (χ2n) is 2.58. The van der Waals surface area contributed by atoms with E-state index in [4.69, 9.17) is 4.52 Å². The first-order chi connectivity index (χ1) is 5.47. The van der Waals surface area contributed by atoms with E-state index in [9.17, 15) is 0 Å². The largest absolute Gasteiger partial charge is 0.363 e. The molecule has 3 nitrogen and oxygen atoms in total. The summed E-state index contributed by atoms with van der Waals surface area (Å²) in [6, 6.07) is 1.87. The van der Waals surface area contributed by atoms with Gasteiger partial charge in [-0.1, -0.05) is 11.2 Å². The number of rotatable bonds is 1. The van der Waals surface area contributed by atoms with Crippen molar-refractivity contribution in [3.63, 3.8) is 0 Å². The van der Waals surface area contributed by atoms with Crippen LogP contribution in [0.3, 0.4) is 0 Å². The molecule has 0 aliphatic carbocycles. The highest BCUT2D eigenvalue weighted by molar-refractivity contribution is 5.40. The van der Waals surface area contributed by atoms with Crippen LogP contribution in [0.5, 0.6) is 0 Å². The van der Waals surface area contributed by atoms with Gasteiger partial charge in [-0.25, -0.2) is 0 Å². The number of allylic oxidation sites excluding steroid dienone is 1. The Morgan fingerprint density at radius 3 is 3.18 bits per heavy atom. The Morgan fingerprint density at radius 2 is 2.55 bits per heavy atom. The SMILES string of the molecule is C1=CN(c2ccon2)CCC1. The van der Waals surface area contributed by atoms with Crippen LogP contribution in [-0.4, -0.2) is 11.7 Å². The number of hydrogen-bond donors (Lipinski definition) is 0. The zero-order valence-corrected chi connectivity index (χ0v) is 6.23. The first-order valence-corrected chi connectivity index (χ1v) is 3.80. The average molecular weight is 150 g/mol. The van der Waals surface area contributed by atoms with E-state index in [1.807, 2.05) is 6.07 Å². The lowest BCUT2D eigenvalue weighted by atomic mass is 10.2. The summed E-state index contributed by atoms with van der Waals surface area (Å²) >= 11 is 0. The molecular weight excluding hydrogens is 140 g/mol. The predicted octanol–water partition coefficient (Wildman–Crippen LogP) is 1.79. The van der Waals surface area contributed by atoms with Crippen LogP contribution in [0.1, 0.15) is 12.8 Å². The van der Waals surface area contributed by atoms with Crippen LogP contribution >= 0.6 is 0 Å². The lowest BCUT2D eigenvalue weighted by molar-refractivity contribution is 0.420. The van der Waals surface area contributed by atoms with Gasteiger partial charge in [-0.3, -0.25) is 0 Å². The van der Waals surface area contributed by atoms with Gasteiger partial charge in [-0.15, -0.1) is 0 Å². The van der Waals surface area contributed by atoms with Crippen molar-refractivity contribution < 1.29 is 4.52 Å². The summed E-state index contributed by atoms with van der Waals surface area (Å²) in [5.74, 6) is 0.904. The molecule has 0 amide bonds. The molecule has 0 N–H and O–H groups in total. The summed E-state index contributed by atoms with van der Waals surface area (Å²) in [7, 11) is 0. The van der Waals surface area contributed by atoms with Crippen LogP contribution in [0.4, 0.5) is 5.82 Å². The molecule has 0 saturated carbocycles. The van der Waals surface area contributed by atoms with Gasteiger partial charge in [0.05, 0.1) is 0 Å². The Bertz CT molecular complexity index is 241. The summed E-state index contributed by atoms with van der Waals surface area (Å²) in [5, 5.41) is 3.84. The van der Waals surface area contributed by atoms with Crippen molar-refractivity contribution in [2.75, 3.05) is 11.4 Å². The van der Waals surface area contributed by atoms with Crippen molar-refractivity contribution in [1.29, 1.82) is 0 Å². The molecule has 1 aliphatic heterocycles. The molecule has 2 rings (SSSR count). The third kappa shape index (κ3) is 1.27. The minimum atomic E-state index is 0.904. The number of aromatic nitrogens is 1. The summed E-state index contributed by atoms with van der Waals surface area (Å²) < 4.78 is 4.74. The van der Waals surface area contributed by atoms with Gasteiger partial charge < -0.3 is 9.42 Å². The van der Waals surface area contributed by atoms with Crippen molar-refractivity contribution in [2.24, 2.45) is 0 Å². The Labute approximate surface area is 65.3 Å². The van der Waals surface area contributed by atoms with Crippen molar-refractivity contribution >= 4 is 5.82 Å². The maximum absolute atomic E-state index is 4.74. The van der Waals surface area contributed by atoms with E-state index in [1.54, 1.807) is 6.26 Å². The van der Waals surface area contributed by atoms with Crippen LogP contribution in [0.2, 0.25) is 0 Å². The number of anilines is 1. The highest BCUT2D eigenvalue weighted by atomic mass is 16.5. The highest BCUT2D eigenvalue weighted by Gasteiger charge is 2.07. The normalized spacial score (nSPS) is 17.3. The predicted molar refractivity (Wildman–Crippen MR) is 42.2 cm³/mol. The molecule has 11 heavy (non-hydrogen) atoms. The van der Waals surface area contributed by atoms with Crippen LogP contribution in [0, 0.1) is 0 Å². The van der Waals surface area contributed by atoms with E-state index in [2.05, 4.69) is 22.3 Å². The first kappa shape index (κ1) is 6.46. The fourth-order valence-corrected chi connectivity index (χ4v) is 1.20. The highest BCUT2D eigenvalue weighted by Crippen LogP contribution is 2.15. The maximum Gasteiger partial charge on any atom is 0.175 e. The quantitative estimate of drug-likeness (QED) is 0.611. The van der Waals surface area contributed by atoms with E-state index in [0.29, 0.717) is 0 Å². The Hall–Kier alpha value is -1.25. The van der Waals surface area contributed by atoms with Crippen molar-refractivity contribution in [3.8, 4) is 0 Å². The zero-order valence-electron chi connectivity index (χ0n) is 6.23.